The number of nitro benzene ring substituents is 2. The molecule has 0 spiro atoms. The van der Waals surface area contributed by atoms with Crippen LogP contribution in [0.15, 0.2) is 42.5 Å². The van der Waals surface area contributed by atoms with Crippen LogP contribution >= 0.6 is 34.8 Å². The Bertz CT molecular complexity index is 1060. The quantitative estimate of drug-likeness (QED) is 0.334. The van der Waals surface area contributed by atoms with E-state index in [-0.39, 0.29) is 5.02 Å². The van der Waals surface area contributed by atoms with Crippen LogP contribution in [0.3, 0.4) is 0 Å². The topological polar surface area (TPSA) is 105 Å². The van der Waals surface area contributed by atoms with Gasteiger partial charge in [0.15, 0.2) is 0 Å². The minimum absolute atomic E-state index is 0.209. The van der Waals surface area contributed by atoms with Crippen LogP contribution in [0.1, 0.15) is 0 Å². The van der Waals surface area contributed by atoms with Crippen molar-refractivity contribution in [3.63, 3.8) is 0 Å². The Kier molecular flexibility index (Phi) is 7.44. The molecule has 0 fully saturated rings. The van der Waals surface area contributed by atoms with E-state index in [0.717, 1.165) is 6.07 Å². The molecule has 0 bridgehead atoms. The number of rotatable bonds is 4. The lowest BCUT2D eigenvalue weighted by molar-refractivity contribution is -0.422. The lowest BCUT2D eigenvalue weighted by Gasteiger charge is -2.06. The van der Waals surface area contributed by atoms with Crippen LogP contribution in [0.5, 0.6) is 11.5 Å². The summed E-state index contributed by atoms with van der Waals surface area (Å²) in [6, 6.07) is 10.9. The maximum atomic E-state index is 10.8. The number of benzene rings is 3. The maximum absolute atomic E-state index is 10.8. The molecule has 29 heavy (non-hydrogen) atoms. The highest BCUT2D eigenvalue weighted by molar-refractivity contribution is 6.38. The highest BCUT2D eigenvalue weighted by Crippen LogP contribution is 2.40. The second-order valence-electron chi connectivity index (χ2n) is 5.41. The van der Waals surface area contributed by atoms with Gasteiger partial charge in [-0.1, -0.05) is 59.1 Å². The Morgan fingerprint density at radius 1 is 0.828 bits per heavy atom. The molecule has 3 aromatic carbocycles. The first-order valence-electron chi connectivity index (χ1n) is 7.78. The van der Waals surface area contributed by atoms with Crippen molar-refractivity contribution in [3.8, 4) is 11.5 Å². The van der Waals surface area contributed by atoms with Gasteiger partial charge in [-0.25, -0.2) is 0 Å². The van der Waals surface area contributed by atoms with Gasteiger partial charge in [0.1, 0.15) is 16.5 Å². The molecule has 3 aromatic rings. The van der Waals surface area contributed by atoms with Gasteiger partial charge in [0.25, 0.3) is 0 Å². The zero-order valence-electron chi connectivity index (χ0n) is 15.0. The van der Waals surface area contributed by atoms with Gasteiger partial charge in [-0.2, -0.15) is 0 Å². The molecule has 0 aromatic heterocycles. The van der Waals surface area contributed by atoms with Crippen LogP contribution < -0.4 is 9.47 Å². The van der Waals surface area contributed by atoms with Crippen LogP contribution in [-0.4, -0.2) is 24.1 Å². The fourth-order valence-corrected chi connectivity index (χ4v) is 3.21. The van der Waals surface area contributed by atoms with Crippen molar-refractivity contribution in [3.05, 3.63) is 77.8 Å². The molecular formula is C18H13Cl3N2O6. The van der Waals surface area contributed by atoms with Gasteiger partial charge in [-0.3, -0.25) is 20.2 Å². The van der Waals surface area contributed by atoms with Crippen LogP contribution in [0, 0.1) is 20.2 Å². The summed E-state index contributed by atoms with van der Waals surface area (Å²) in [6.07, 6.45) is 0. The second-order valence-corrected chi connectivity index (χ2v) is 6.61. The molecule has 0 amide bonds. The smallest absolute Gasteiger partial charge is 0.365 e. The number of nitrogens with zero attached hydrogens (tertiary/aromatic N) is 2. The van der Waals surface area contributed by atoms with Crippen LogP contribution in [0.2, 0.25) is 15.1 Å². The molecule has 0 heterocycles. The van der Waals surface area contributed by atoms with Gasteiger partial charge in [0, 0.05) is 23.6 Å². The number of fused-ring (bicyclic) bond motifs is 1. The Labute approximate surface area is 179 Å². The summed E-state index contributed by atoms with van der Waals surface area (Å²) < 4.78 is 9.91. The molecule has 8 nitrogen and oxygen atoms in total. The third kappa shape index (κ3) is 4.97. The van der Waals surface area contributed by atoms with E-state index >= 15 is 0 Å². The van der Waals surface area contributed by atoms with Crippen molar-refractivity contribution >= 4 is 57.0 Å². The van der Waals surface area contributed by atoms with Gasteiger partial charge in [-0.05, 0) is 5.39 Å². The normalized spacial score (nSPS) is 10.1. The standard InChI is InChI=1S/C10H5ClN2O4.C8H8Cl2O2/c11-9-7-4-2-1-3-6(7)5-8(12(14)15)10(9)13(16)17;1-11-7-3-6(10)8(12-2)4-5(7)9/h1-5H;3-4H,1-2H3. The minimum Gasteiger partial charge on any atom is -0.495 e. The van der Waals surface area contributed by atoms with Gasteiger partial charge in [0.2, 0.25) is 0 Å². The lowest BCUT2D eigenvalue weighted by atomic mass is 10.1. The predicted molar refractivity (Wildman–Crippen MR) is 112 cm³/mol. The van der Waals surface area contributed by atoms with Crippen LogP contribution in [0.25, 0.3) is 10.8 Å². The molecule has 0 unspecified atom stereocenters. The molecule has 0 atom stereocenters. The summed E-state index contributed by atoms with van der Waals surface area (Å²) in [5, 5.41) is 23.3. The summed E-state index contributed by atoms with van der Waals surface area (Å²) >= 11 is 17.5. The van der Waals surface area contributed by atoms with Gasteiger partial charge >= 0.3 is 11.4 Å². The van der Waals surface area contributed by atoms with E-state index < -0.39 is 21.2 Å². The number of methoxy groups -OCH3 is 2. The number of nitro groups is 2. The lowest BCUT2D eigenvalue weighted by Crippen LogP contribution is -1.97. The Hall–Kier alpha value is -2.81. The number of halogens is 3. The molecule has 0 N–H and O–H groups in total. The number of hydrogen-bond donors (Lipinski definition) is 0. The Balaban J connectivity index is 0.000000221. The summed E-state index contributed by atoms with van der Waals surface area (Å²) in [6.45, 7) is 0. The minimum atomic E-state index is -0.840. The van der Waals surface area contributed by atoms with Crippen molar-refractivity contribution in [2.24, 2.45) is 0 Å². The van der Waals surface area contributed by atoms with Crippen molar-refractivity contribution in [1.29, 1.82) is 0 Å². The van der Waals surface area contributed by atoms with Crippen molar-refractivity contribution in [2.75, 3.05) is 14.2 Å². The fraction of sp³-hybridized carbons (Fsp3) is 0.111. The maximum Gasteiger partial charge on any atom is 0.365 e. The highest BCUT2D eigenvalue weighted by atomic mass is 35.5. The summed E-state index contributed by atoms with van der Waals surface area (Å²) in [5.41, 5.74) is -1.27. The van der Waals surface area contributed by atoms with E-state index in [4.69, 9.17) is 44.3 Å². The number of hydrogen-bond acceptors (Lipinski definition) is 6. The average molecular weight is 460 g/mol. The molecule has 3 rings (SSSR count). The molecule has 0 aliphatic carbocycles. The van der Waals surface area contributed by atoms with E-state index in [1.165, 1.54) is 14.2 Å². The van der Waals surface area contributed by atoms with E-state index in [9.17, 15) is 20.2 Å². The zero-order valence-corrected chi connectivity index (χ0v) is 17.3. The van der Waals surface area contributed by atoms with E-state index in [0.29, 0.717) is 32.3 Å². The fourth-order valence-electron chi connectivity index (χ4n) is 2.41. The molecule has 11 heteroatoms. The van der Waals surface area contributed by atoms with Crippen molar-refractivity contribution in [2.45, 2.75) is 0 Å². The molecule has 152 valence electrons. The average Bonchev–Trinajstić information content (AvgIpc) is 2.69. The third-order valence-electron chi connectivity index (χ3n) is 3.75. The third-order valence-corrected chi connectivity index (χ3v) is 4.72. The first-order chi connectivity index (χ1) is 13.7. The molecule has 0 saturated heterocycles. The van der Waals surface area contributed by atoms with E-state index in [2.05, 4.69) is 0 Å². The molecule has 0 aliphatic heterocycles. The van der Waals surface area contributed by atoms with Crippen LogP contribution in [0.4, 0.5) is 11.4 Å². The number of ether oxygens (including phenoxy) is 2. The Morgan fingerprint density at radius 2 is 1.34 bits per heavy atom. The zero-order chi connectivity index (χ0) is 21.7. The summed E-state index contributed by atoms with van der Waals surface area (Å²) in [5.74, 6) is 1.09. The van der Waals surface area contributed by atoms with Gasteiger partial charge in [-0.15, -0.1) is 0 Å². The van der Waals surface area contributed by atoms with E-state index in [1.54, 1.807) is 36.4 Å². The van der Waals surface area contributed by atoms with E-state index in [1.807, 2.05) is 0 Å². The Morgan fingerprint density at radius 3 is 1.79 bits per heavy atom. The summed E-state index contributed by atoms with van der Waals surface area (Å²) in [7, 11) is 3.06. The largest absolute Gasteiger partial charge is 0.495 e. The van der Waals surface area contributed by atoms with Crippen molar-refractivity contribution < 1.29 is 19.3 Å². The molecule has 0 radical (unpaired) electrons. The second kappa shape index (κ2) is 9.60. The van der Waals surface area contributed by atoms with Gasteiger partial charge in [0.05, 0.1) is 34.1 Å². The molecular weight excluding hydrogens is 447 g/mol. The predicted octanol–water partition coefficient (Wildman–Crippen LogP) is 6.32. The monoisotopic (exact) mass is 458 g/mol. The van der Waals surface area contributed by atoms with Crippen molar-refractivity contribution in [1.82, 2.24) is 0 Å². The highest BCUT2D eigenvalue weighted by Gasteiger charge is 2.29. The van der Waals surface area contributed by atoms with Crippen LogP contribution in [-0.2, 0) is 0 Å². The molecule has 0 aliphatic rings. The first kappa shape index (κ1) is 22.5. The SMILES string of the molecule is COc1cc(Cl)c(OC)cc1Cl.O=[N+]([O-])c1cc2ccccc2c(Cl)c1[N+](=O)[O-]. The summed E-state index contributed by atoms with van der Waals surface area (Å²) in [4.78, 5) is 19.9. The first-order valence-corrected chi connectivity index (χ1v) is 8.91. The van der Waals surface area contributed by atoms with Gasteiger partial charge < -0.3 is 9.47 Å². The molecule has 0 saturated carbocycles.